The van der Waals surface area contributed by atoms with Crippen LogP contribution < -0.4 is 0 Å². The van der Waals surface area contributed by atoms with Crippen molar-refractivity contribution in [1.82, 2.24) is 0 Å². The Labute approximate surface area is 49.6 Å². The van der Waals surface area contributed by atoms with Gasteiger partial charge in [0.2, 0.25) is 0 Å². The minimum Gasteiger partial charge on any atom is -0.300 e. The summed E-state index contributed by atoms with van der Waals surface area (Å²) in [6.45, 7) is 4.27. The maximum atomic E-state index is 10.2. The van der Waals surface area contributed by atoms with Crippen molar-refractivity contribution in [3.63, 3.8) is 0 Å². The molecular formula is C6H11NO. The summed E-state index contributed by atoms with van der Waals surface area (Å²) in [5, 5.41) is 0. The van der Waals surface area contributed by atoms with Crippen LogP contribution in [-0.4, -0.2) is 18.5 Å². The number of hydrogen-bond acceptors (Lipinski definition) is 2. The SMILES string of the molecule is CCN=CCC(C)=O. The van der Waals surface area contributed by atoms with E-state index in [0.717, 1.165) is 6.54 Å². The minimum atomic E-state index is 0.169. The van der Waals surface area contributed by atoms with E-state index in [4.69, 9.17) is 0 Å². The zero-order chi connectivity index (χ0) is 6.41. The molecule has 0 radical (unpaired) electrons. The van der Waals surface area contributed by atoms with Gasteiger partial charge in [-0.1, -0.05) is 0 Å². The summed E-state index contributed by atoms with van der Waals surface area (Å²) < 4.78 is 0. The molecule has 0 fully saturated rings. The largest absolute Gasteiger partial charge is 0.300 e. The summed E-state index contributed by atoms with van der Waals surface area (Å²) in [5.74, 6) is 0.169. The lowest BCUT2D eigenvalue weighted by molar-refractivity contribution is -0.115. The Balaban J connectivity index is 3.16. The number of aliphatic imine (C=N–C) groups is 1. The standard InChI is InChI=1S/C6H11NO/c1-3-7-5-4-6(2)8/h5H,3-4H2,1-2H3. The van der Waals surface area contributed by atoms with E-state index in [1.165, 1.54) is 0 Å². The van der Waals surface area contributed by atoms with Crippen molar-refractivity contribution in [2.24, 2.45) is 4.99 Å². The molecule has 0 aliphatic heterocycles. The zero-order valence-corrected chi connectivity index (χ0v) is 5.35. The number of carbonyl (C=O) groups is 1. The molecule has 0 bridgehead atoms. The lowest BCUT2D eigenvalue weighted by Crippen LogP contribution is -1.89. The predicted molar refractivity (Wildman–Crippen MR) is 34.3 cm³/mol. The second-order valence-electron chi connectivity index (χ2n) is 1.59. The second-order valence-corrected chi connectivity index (χ2v) is 1.59. The molecule has 46 valence electrons. The number of Topliss-reactive ketones (excluding diaryl/α,β-unsaturated/α-hetero) is 1. The van der Waals surface area contributed by atoms with Crippen LogP contribution in [0.25, 0.3) is 0 Å². The van der Waals surface area contributed by atoms with Gasteiger partial charge in [-0.05, 0) is 13.8 Å². The molecule has 0 heterocycles. The lowest BCUT2D eigenvalue weighted by atomic mass is 10.3. The average Bonchev–Trinajstić information content (AvgIpc) is 1.66. The summed E-state index contributed by atoms with van der Waals surface area (Å²) in [6, 6.07) is 0. The summed E-state index contributed by atoms with van der Waals surface area (Å²) >= 11 is 0. The number of ketones is 1. The molecule has 0 aromatic rings. The molecule has 0 saturated heterocycles. The topological polar surface area (TPSA) is 29.4 Å². The van der Waals surface area contributed by atoms with Gasteiger partial charge in [0.15, 0.2) is 0 Å². The fourth-order valence-corrected chi connectivity index (χ4v) is 0.322. The van der Waals surface area contributed by atoms with E-state index in [-0.39, 0.29) is 5.78 Å². The molecule has 0 saturated carbocycles. The maximum absolute atomic E-state index is 10.2. The Bertz CT molecular complexity index is 96.7. The predicted octanol–water partition coefficient (Wildman–Crippen LogP) is 1.06. The molecule has 2 heteroatoms. The number of nitrogens with zero attached hydrogens (tertiary/aromatic N) is 1. The highest BCUT2D eigenvalue weighted by molar-refractivity contribution is 5.89. The smallest absolute Gasteiger partial charge is 0.135 e. The van der Waals surface area contributed by atoms with Gasteiger partial charge < -0.3 is 0 Å². The molecule has 0 amide bonds. The minimum absolute atomic E-state index is 0.169. The van der Waals surface area contributed by atoms with Crippen LogP contribution in [0.1, 0.15) is 20.3 Å². The first kappa shape index (κ1) is 7.34. The first-order chi connectivity index (χ1) is 3.77. The van der Waals surface area contributed by atoms with Crippen molar-refractivity contribution in [3.8, 4) is 0 Å². The molecule has 0 rings (SSSR count). The van der Waals surface area contributed by atoms with Crippen LogP contribution in [0.4, 0.5) is 0 Å². The normalized spacial score (nSPS) is 10.2. The summed E-state index contributed by atoms with van der Waals surface area (Å²) in [4.78, 5) is 14.1. The third kappa shape index (κ3) is 5.34. The van der Waals surface area contributed by atoms with Crippen LogP contribution in [-0.2, 0) is 4.79 Å². The molecule has 0 unspecified atom stereocenters. The highest BCUT2D eigenvalue weighted by Gasteiger charge is 1.83. The van der Waals surface area contributed by atoms with Gasteiger partial charge in [-0.3, -0.25) is 9.79 Å². The summed E-state index contributed by atoms with van der Waals surface area (Å²) in [7, 11) is 0. The van der Waals surface area contributed by atoms with Crippen LogP contribution in [0.15, 0.2) is 4.99 Å². The molecule has 0 aromatic carbocycles. The fraction of sp³-hybridized carbons (Fsp3) is 0.667. The van der Waals surface area contributed by atoms with E-state index in [2.05, 4.69) is 4.99 Å². The van der Waals surface area contributed by atoms with Gasteiger partial charge in [0.25, 0.3) is 0 Å². The Morgan fingerprint density at radius 3 is 2.75 bits per heavy atom. The van der Waals surface area contributed by atoms with Crippen LogP contribution in [0.5, 0.6) is 0 Å². The molecule has 8 heavy (non-hydrogen) atoms. The van der Waals surface area contributed by atoms with Crippen molar-refractivity contribution in [3.05, 3.63) is 0 Å². The second kappa shape index (κ2) is 4.50. The van der Waals surface area contributed by atoms with Crippen molar-refractivity contribution in [1.29, 1.82) is 0 Å². The Morgan fingerprint density at radius 1 is 1.75 bits per heavy atom. The lowest BCUT2D eigenvalue weighted by Gasteiger charge is -1.80. The van der Waals surface area contributed by atoms with Crippen molar-refractivity contribution in [2.75, 3.05) is 6.54 Å². The summed E-state index contributed by atoms with van der Waals surface area (Å²) in [6.07, 6.45) is 2.14. The highest BCUT2D eigenvalue weighted by atomic mass is 16.1. The fourth-order valence-electron chi connectivity index (χ4n) is 0.322. The van der Waals surface area contributed by atoms with Crippen molar-refractivity contribution >= 4 is 12.0 Å². The van der Waals surface area contributed by atoms with E-state index >= 15 is 0 Å². The van der Waals surface area contributed by atoms with E-state index < -0.39 is 0 Å². The molecule has 0 N–H and O–H groups in total. The van der Waals surface area contributed by atoms with Crippen LogP contribution in [0.2, 0.25) is 0 Å². The maximum Gasteiger partial charge on any atom is 0.135 e. The quantitative estimate of drug-likeness (QED) is 0.503. The Hall–Kier alpha value is -0.660. The molecule has 0 aromatic heterocycles. The molecule has 2 nitrogen and oxygen atoms in total. The van der Waals surface area contributed by atoms with Crippen LogP contribution in [0, 0.1) is 0 Å². The van der Waals surface area contributed by atoms with Gasteiger partial charge in [-0.2, -0.15) is 0 Å². The van der Waals surface area contributed by atoms with E-state index in [1.807, 2.05) is 6.92 Å². The Kier molecular flexibility index (Phi) is 4.13. The van der Waals surface area contributed by atoms with Gasteiger partial charge in [-0.25, -0.2) is 0 Å². The number of carbonyl (C=O) groups excluding carboxylic acids is 1. The summed E-state index contributed by atoms with van der Waals surface area (Å²) in [5.41, 5.74) is 0. The highest BCUT2D eigenvalue weighted by Crippen LogP contribution is 1.75. The first-order valence-corrected chi connectivity index (χ1v) is 2.75. The van der Waals surface area contributed by atoms with Gasteiger partial charge in [-0.15, -0.1) is 0 Å². The van der Waals surface area contributed by atoms with Crippen LogP contribution >= 0.6 is 0 Å². The molecule has 0 spiro atoms. The third-order valence-corrected chi connectivity index (χ3v) is 0.690. The molecule has 0 atom stereocenters. The van der Waals surface area contributed by atoms with Crippen LogP contribution in [0.3, 0.4) is 0 Å². The van der Waals surface area contributed by atoms with Gasteiger partial charge in [0, 0.05) is 19.2 Å². The number of hydrogen-bond donors (Lipinski definition) is 0. The van der Waals surface area contributed by atoms with Gasteiger partial charge in [0.1, 0.15) is 5.78 Å². The number of rotatable bonds is 3. The average molecular weight is 113 g/mol. The molecule has 0 aliphatic rings. The zero-order valence-electron chi connectivity index (χ0n) is 5.35. The molecule has 0 aliphatic carbocycles. The van der Waals surface area contributed by atoms with E-state index in [1.54, 1.807) is 13.1 Å². The van der Waals surface area contributed by atoms with Gasteiger partial charge >= 0.3 is 0 Å². The van der Waals surface area contributed by atoms with E-state index in [9.17, 15) is 4.79 Å². The monoisotopic (exact) mass is 113 g/mol. The third-order valence-electron chi connectivity index (χ3n) is 0.690. The molecular weight excluding hydrogens is 102 g/mol. The van der Waals surface area contributed by atoms with Crippen molar-refractivity contribution < 1.29 is 4.79 Å². The van der Waals surface area contributed by atoms with Gasteiger partial charge in [0.05, 0.1) is 0 Å². The van der Waals surface area contributed by atoms with E-state index in [0.29, 0.717) is 6.42 Å². The van der Waals surface area contributed by atoms with Crippen molar-refractivity contribution in [2.45, 2.75) is 20.3 Å². The first-order valence-electron chi connectivity index (χ1n) is 2.75. The Morgan fingerprint density at radius 2 is 2.38 bits per heavy atom.